The third-order valence-corrected chi connectivity index (χ3v) is 6.59. The van der Waals surface area contributed by atoms with Crippen molar-refractivity contribution in [2.24, 2.45) is 0 Å². The number of rotatable bonds is 3. The number of piperazine rings is 1. The summed E-state index contributed by atoms with van der Waals surface area (Å²) in [6.45, 7) is 2.20. The fourth-order valence-electron chi connectivity index (χ4n) is 3.14. The lowest BCUT2D eigenvalue weighted by molar-refractivity contribution is -0.134. The predicted octanol–water partition coefficient (Wildman–Crippen LogP) is 1.27. The lowest BCUT2D eigenvalue weighted by Crippen LogP contribution is -2.51. The lowest BCUT2D eigenvalue weighted by Gasteiger charge is -2.37. The monoisotopic (exact) mass is 393 g/mol. The minimum absolute atomic E-state index is 0. The molecule has 134 valence electrons. The molecule has 1 atom stereocenters. The quantitative estimate of drug-likeness (QED) is 0.839. The SMILES string of the molecule is Cl.O=C(CN1CCCS1(=O)=O)N1CCNCC1c1ccccc1Cl. The maximum Gasteiger partial charge on any atom is 0.238 e. The van der Waals surface area contributed by atoms with Crippen molar-refractivity contribution in [3.8, 4) is 0 Å². The molecule has 1 N–H and O–H groups in total. The van der Waals surface area contributed by atoms with E-state index >= 15 is 0 Å². The fourth-order valence-corrected chi connectivity index (χ4v) is 4.86. The summed E-state index contributed by atoms with van der Waals surface area (Å²) in [5, 5.41) is 3.89. The Morgan fingerprint density at radius 3 is 2.71 bits per heavy atom. The Hall–Kier alpha value is -0.860. The van der Waals surface area contributed by atoms with Gasteiger partial charge in [0.25, 0.3) is 0 Å². The van der Waals surface area contributed by atoms with Gasteiger partial charge in [0.05, 0.1) is 18.3 Å². The first-order valence-electron chi connectivity index (χ1n) is 7.71. The average molecular weight is 394 g/mol. The van der Waals surface area contributed by atoms with Gasteiger partial charge in [-0.05, 0) is 18.1 Å². The molecular weight excluding hydrogens is 373 g/mol. The number of nitrogens with zero attached hydrogens (tertiary/aromatic N) is 2. The Morgan fingerprint density at radius 1 is 1.29 bits per heavy atom. The van der Waals surface area contributed by atoms with E-state index in [1.807, 2.05) is 18.2 Å². The van der Waals surface area contributed by atoms with Gasteiger partial charge in [-0.1, -0.05) is 29.8 Å². The zero-order valence-corrected chi connectivity index (χ0v) is 15.5. The maximum absolute atomic E-state index is 12.7. The van der Waals surface area contributed by atoms with Crippen molar-refractivity contribution in [3.63, 3.8) is 0 Å². The molecule has 2 aliphatic heterocycles. The molecule has 0 aromatic heterocycles. The van der Waals surface area contributed by atoms with Crippen molar-refractivity contribution in [3.05, 3.63) is 34.9 Å². The van der Waals surface area contributed by atoms with Crippen molar-refractivity contribution < 1.29 is 13.2 Å². The molecule has 1 amide bonds. The molecule has 1 unspecified atom stereocenters. The second-order valence-corrected chi connectivity index (χ2v) is 8.33. The molecule has 1 aromatic carbocycles. The molecule has 24 heavy (non-hydrogen) atoms. The van der Waals surface area contributed by atoms with E-state index in [4.69, 9.17) is 11.6 Å². The van der Waals surface area contributed by atoms with Crippen molar-refractivity contribution >= 4 is 39.9 Å². The van der Waals surface area contributed by atoms with Gasteiger partial charge in [-0.15, -0.1) is 12.4 Å². The van der Waals surface area contributed by atoms with Gasteiger partial charge in [0.15, 0.2) is 0 Å². The van der Waals surface area contributed by atoms with E-state index in [-0.39, 0.29) is 36.7 Å². The summed E-state index contributed by atoms with van der Waals surface area (Å²) in [4.78, 5) is 14.4. The van der Waals surface area contributed by atoms with Crippen LogP contribution >= 0.6 is 24.0 Å². The van der Waals surface area contributed by atoms with Gasteiger partial charge in [0.2, 0.25) is 15.9 Å². The normalized spacial score (nSPS) is 23.7. The van der Waals surface area contributed by atoms with E-state index in [1.54, 1.807) is 11.0 Å². The summed E-state index contributed by atoms with van der Waals surface area (Å²) >= 11 is 6.27. The number of halogens is 2. The molecule has 6 nitrogen and oxygen atoms in total. The molecule has 0 saturated carbocycles. The second kappa shape index (κ2) is 8.01. The van der Waals surface area contributed by atoms with E-state index in [1.165, 1.54) is 4.31 Å². The van der Waals surface area contributed by atoms with Crippen molar-refractivity contribution in [2.75, 3.05) is 38.5 Å². The van der Waals surface area contributed by atoms with Crippen molar-refractivity contribution in [1.82, 2.24) is 14.5 Å². The number of hydrogen-bond donors (Lipinski definition) is 1. The molecule has 1 aromatic rings. The largest absolute Gasteiger partial charge is 0.332 e. The topological polar surface area (TPSA) is 69.7 Å². The third kappa shape index (κ3) is 4.03. The molecule has 9 heteroatoms. The van der Waals surface area contributed by atoms with Gasteiger partial charge in [0.1, 0.15) is 0 Å². The third-order valence-electron chi connectivity index (χ3n) is 4.34. The van der Waals surface area contributed by atoms with Crippen LogP contribution in [-0.4, -0.2) is 62.0 Å². The maximum atomic E-state index is 12.7. The van der Waals surface area contributed by atoms with Crippen LogP contribution in [0.1, 0.15) is 18.0 Å². The Balaban J connectivity index is 0.00000208. The standard InChI is InChI=1S/C15H20ClN3O3S.ClH/c16-13-5-2-1-4-12(13)14-10-17-6-8-19(14)15(20)11-18-7-3-9-23(18,21)22;/h1-2,4-5,14,17H,3,6-11H2;1H. The molecule has 2 aliphatic rings. The summed E-state index contributed by atoms with van der Waals surface area (Å²) in [6.07, 6.45) is 0.588. The van der Waals surface area contributed by atoms with Crippen LogP contribution in [0.4, 0.5) is 0 Å². The minimum atomic E-state index is -3.27. The number of nitrogens with one attached hydrogen (secondary N) is 1. The van der Waals surface area contributed by atoms with E-state index in [0.717, 1.165) is 5.56 Å². The first kappa shape index (κ1) is 19.5. The first-order chi connectivity index (χ1) is 11.0. The van der Waals surface area contributed by atoms with Crippen LogP contribution in [0.5, 0.6) is 0 Å². The van der Waals surface area contributed by atoms with Crippen LogP contribution in [0.25, 0.3) is 0 Å². The molecule has 2 heterocycles. The number of hydrogen-bond acceptors (Lipinski definition) is 4. The van der Waals surface area contributed by atoms with Crippen LogP contribution in [-0.2, 0) is 14.8 Å². The van der Waals surface area contributed by atoms with Crippen LogP contribution in [0.3, 0.4) is 0 Å². The van der Waals surface area contributed by atoms with E-state index in [2.05, 4.69) is 5.32 Å². The van der Waals surface area contributed by atoms with Crippen LogP contribution < -0.4 is 5.32 Å². The number of sulfonamides is 1. The summed E-state index contributed by atoms with van der Waals surface area (Å²) in [6, 6.07) is 7.29. The summed E-state index contributed by atoms with van der Waals surface area (Å²) in [5.74, 6) is -0.0302. The van der Waals surface area contributed by atoms with Crippen LogP contribution in [0.15, 0.2) is 24.3 Å². The van der Waals surface area contributed by atoms with Crippen LogP contribution in [0, 0.1) is 0 Å². The fraction of sp³-hybridized carbons (Fsp3) is 0.533. The number of carbonyl (C=O) groups is 1. The Morgan fingerprint density at radius 2 is 2.04 bits per heavy atom. The van der Waals surface area contributed by atoms with Gasteiger partial charge in [-0.2, -0.15) is 4.31 Å². The Labute approximate surface area is 153 Å². The average Bonchev–Trinajstić information content (AvgIpc) is 2.86. The Bertz CT molecular complexity index is 699. The number of benzene rings is 1. The summed E-state index contributed by atoms with van der Waals surface area (Å²) in [7, 11) is -3.27. The van der Waals surface area contributed by atoms with E-state index < -0.39 is 10.0 Å². The second-order valence-electron chi connectivity index (χ2n) is 5.83. The smallest absolute Gasteiger partial charge is 0.238 e. The highest BCUT2D eigenvalue weighted by molar-refractivity contribution is 7.89. The van der Waals surface area contributed by atoms with Crippen LogP contribution in [0.2, 0.25) is 5.02 Å². The highest BCUT2D eigenvalue weighted by Crippen LogP contribution is 2.29. The summed E-state index contributed by atoms with van der Waals surface area (Å²) < 4.78 is 25.1. The lowest BCUT2D eigenvalue weighted by atomic mass is 10.0. The minimum Gasteiger partial charge on any atom is -0.332 e. The van der Waals surface area contributed by atoms with E-state index in [9.17, 15) is 13.2 Å². The van der Waals surface area contributed by atoms with E-state index in [0.29, 0.717) is 37.6 Å². The zero-order valence-electron chi connectivity index (χ0n) is 13.2. The molecule has 0 aliphatic carbocycles. The Kier molecular flexibility index (Phi) is 6.50. The van der Waals surface area contributed by atoms with Gasteiger partial charge < -0.3 is 10.2 Å². The first-order valence-corrected chi connectivity index (χ1v) is 9.70. The summed E-state index contributed by atoms with van der Waals surface area (Å²) in [5.41, 5.74) is 0.888. The molecule has 3 rings (SSSR count). The van der Waals surface area contributed by atoms with Gasteiger partial charge >= 0.3 is 0 Å². The highest BCUT2D eigenvalue weighted by Gasteiger charge is 2.34. The van der Waals surface area contributed by atoms with Crippen molar-refractivity contribution in [1.29, 1.82) is 0 Å². The highest BCUT2D eigenvalue weighted by atomic mass is 35.5. The molecule has 2 fully saturated rings. The van der Waals surface area contributed by atoms with Crippen molar-refractivity contribution in [2.45, 2.75) is 12.5 Å². The molecule has 0 bridgehead atoms. The number of amides is 1. The van der Waals surface area contributed by atoms with Gasteiger partial charge in [0, 0.05) is 31.2 Å². The molecular formula is C15H21Cl2N3O3S. The van der Waals surface area contributed by atoms with Gasteiger partial charge in [-0.3, -0.25) is 4.79 Å². The van der Waals surface area contributed by atoms with Gasteiger partial charge in [-0.25, -0.2) is 8.42 Å². The molecule has 2 saturated heterocycles. The molecule has 0 radical (unpaired) electrons. The number of carbonyl (C=O) groups excluding carboxylic acids is 1. The zero-order chi connectivity index (χ0) is 16.4. The molecule has 0 spiro atoms. The predicted molar refractivity (Wildman–Crippen MR) is 96.0 cm³/mol.